The van der Waals surface area contributed by atoms with Crippen LogP contribution >= 0.6 is 0 Å². The minimum atomic E-state index is -0.514. The normalized spacial score (nSPS) is 13.4. The van der Waals surface area contributed by atoms with E-state index in [2.05, 4.69) is 10.2 Å². The Morgan fingerprint density at radius 1 is 0.969 bits per heavy atom. The van der Waals surface area contributed by atoms with Crippen LogP contribution in [0.25, 0.3) is 0 Å². The zero-order valence-corrected chi connectivity index (χ0v) is 18.5. The summed E-state index contributed by atoms with van der Waals surface area (Å²) in [4.78, 5) is 40.4. The number of hydrogen-bond donors (Lipinski definition) is 1. The number of nitrogens with one attached hydrogen (secondary N) is 1. The Morgan fingerprint density at radius 3 is 2.31 bits per heavy atom. The Hall–Kier alpha value is -3.55. The maximum absolute atomic E-state index is 12.4. The lowest BCUT2D eigenvalue weighted by molar-refractivity contribution is -0.152. The van der Waals surface area contributed by atoms with E-state index in [0.29, 0.717) is 31.7 Å². The molecular formula is C24H29N3O5. The summed E-state index contributed by atoms with van der Waals surface area (Å²) in [5.74, 6) is -0.155. The molecule has 0 spiro atoms. The van der Waals surface area contributed by atoms with Gasteiger partial charge in [0, 0.05) is 44.0 Å². The van der Waals surface area contributed by atoms with E-state index in [-0.39, 0.29) is 31.4 Å². The minimum absolute atomic E-state index is 0.0101. The maximum atomic E-state index is 12.4. The van der Waals surface area contributed by atoms with Crippen molar-refractivity contribution in [3.05, 3.63) is 59.7 Å². The lowest BCUT2D eigenvalue weighted by Crippen LogP contribution is -2.49. The summed E-state index contributed by atoms with van der Waals surface area (Å²) in [6, 6.07) is 15.1. The molecule has 0 aromatic heterocycles. The maximum Gasteiger partial charge on any atom is 0.308 e. The summed E-state index contributed by atoms with van der Waals surface area (Å²) < 4.78 is 10.3. The Bertz CT molecular complexity index is 937. The predicted octanol–water partition coefficient (Wildman–Crippen LogP) is 2.02. The molecule has 0 radical (unpaired) electrons. The third-order valence-electron chi connectivity index (χ3n) is 5.43. The van der Waals surface area contributed by atoms with Crippen LogP contribution < -0.4 is 15.0 Å². The number of hydrogen-bond acceptors (Lipinski definition) is 6. The van der Waals surface area contributed by atoms with Crippen molar-refractivity contribution in [2.45, 2.75) is 13.3 Å². The first kappa shape index (κ1) is 23.1. The van der Waals surface area contributed by atoms with Crippen molar-refractivity contribution in [1.29, 1.82) is 0 Å². The van der Waals surface area contributed by atoms with Gasteiger partial charge in [0.2, 0.25) is 0 Å². The molecule has 0 atom stereocenters. The molecule has 0 unspecified atom stereocenters. The minimum Gasteiger partial charge on any atom is -0.497 e. The lowest BCUT2D eigenvalue weighted by atomic mass is 10.1. The zero-order chi connectivity index (χ0) is 22.9. The number of piperazine rings is 1. The van der Waals surface area contributed by atoms with E-state index >= 15 is 0 Å². The Labute approximate surface area is 188 Å². The molecule has 1 heterocycles. The van der Waals surface area contributed by atoms with Crippen LogP contribution in [-0.4, -0.2) is 69.1 Å². The Morgan fingerprint density at radius 2 is 1.66 bits per heavy atom. The molecule has 2 aromatic carbocycles. The van der Waals surface area contributed by atoms with Gasteiger partial charge in [-0.05, 0) is 42.8 Å². The van der Waals surface area contributed by atoms with Gasteiger partial charge < -0.3 is 24.6 Å². The van der Waals surface area contributed by atoms with Crippen molar-refractivity contribution in [3.8, 4) is 5.75 Å². The van der Waals surface area contributed by atoms with E-state index in [4.69, 9.17) is 9.47 Å². The van der Waals surface area contributed by atoms with Crippen LogP contribution in [-0.2, 0) is 14.3 Å². The van der Waals surface area contributed by atoms with Gasteiger partial charge in [-0.2, -0.15) is 0 Å². The number of amides is 2. The number of carbonyl (C=O) groups is 3. The van der Waals surface area contributed by atoms with Gasteiger partial charge in [0.25, 0.3) is 11.8 Å². The molecule has 2 aromatic rings. The number of aryl methyl sites for hydroxylation is 1. The molecule has 32 heavy (non-hydrogen) atoms. The lowest BCUT2D eigenvalue weighted by Gasteiger charge is -2.36. The highest BCUT2D eigenvalue weighted by molar-refractivity contribution is 5.95. The van der Waals surface area contributed by atoms with Crippen molar-refractivity contribution >= 4 is 23.5 Å². The number of methoxy groups -OCH3 is 1. The molecule has 1 saturated heterocycles. The molecular weight excluding hydrogens is 410 g/mol. The number of nitrogens with zero attached hydrogens (tertiary/aromatic N) is 2. The summed E-state index contributed by atoms with van der Waals surface area (Å²) >= 11 is 0. The van der Waals surface area contributed by atoms with Crippen LogP contribution in [0, 0.1) is 6.92 Å². The number of anilines is 1. The molecule has 8 heteroatoms. The first-order valence-electron chi connectivity index (χ1n) is 10.6. The Kier molecular flexibility index (Phi) is 8.08. The molecule has 0 aliphatic carbocycles. The highest BCUT2D eigenvalue weighted by Gasteiger charge is 2.22. The summed E-state index contributed by atoms with van der Waals surface area (Å²) in [6.07, 6.45) is 0.0101. The van der Waals surface area contributed by atoms with Crippen molar-refractivity contribution in [2.75, 3.05) is 51.3 Å². The van der Waals surface area contributed by atoms with Crippen LogP contribution in [0.3, 0.4) is 0 Å². The summed E-state index contributed by atoms with van der Waals surface area (Å²) in [6.45, 7) is 4.26. The van der Waals surface area contributed by atoms with Crippen LogP contribution in [0.2, 0.25) is 0 Å². The van der Waals surface area contributed by atoms with E-state index < -0.39 is 5.97 Å². The van der Waals surface area contributed by atoms with Crippen LogP contribution in [0.15, 0.2) is 48.5 Å². The van der Waals surface area contributed by atoms with Gasteiger partial charge in [-0.25, -0.2) is 0 Å². The number of esters is 1. The second-order valence-corrected chi connectivity index (χ2v) is 7.55. The number of benzene rings is 2. The highest BCUT2D eigenvalue weighted by atomic mass is 16.5. The molecule has 8 nitrogen and oxygen atoms in total. The summed E-state index contributed by atoms with van der Waals surface area (Å²) in [7, 11) is 1.63. The van der Waals surface area contributed by atoms with E-state index in [1.54, 1.807) is 24.1 Å². The molecule has 1 aliphatic rings. The van der Waals surface area contributed by atoms with Gasteiger partial charge in [-0.15, -0.1) is 0 Å². The molecule has 1 fully saturated rings. The van der Waals surface area contributed by atoms with Gasteiger partial charge in [-0.1, -0.05) is 18.2 Å². The number of ether oxygens (including phenoxy) is 2. The average molecular weight is 440 g/mol. The van der Waals surface area contributed by atoms with E-state index in [0.717, 1.165) is 17.0 Å². The monoisotopic (exact) mass is 439 g/mol. The van der Waals surface area contributed by atoms with E-state index in [1.165, 1.54) is 0 Å². The smallest absolute Gasteiger partial charge is 0.308 e. The fraction of sp³-hybridized carbons (Fsp3) is 0.375. The van der Waals surface area contributed by atoms with E-state index in [9.17, 15) is 14.4 Å². The first-order valence-corrected chi connectivity index (χ1v) is 10.6. The average Bonchev–Trinajstić information content (AvgIpc) is 2.83. The summed E-state index contributed by atoms with van der Waals surface area (Å²) in [5, 5.41) is 2.70. The molecule has 0 saturated carbocycles. The fourth-order valence-electron chi connectivity index (χ4n) is 3.51. The molecule has 1 aliphatic heterocycles. The second-order valence-electron chi connectivity index (χ2n) is 7.55. The quantitative estimate of drug-likeness (QED) is 0.633. The molecule has 170 valence electrons. The van der Waals surface area contributed by atoms with Crippen molar-refractivity contribution < 1.29 is 23.9 Å². The predicted molar refractivity (Wildman–Crippen MR) is 121 cm³/mol. The van der Waals surface area contributed by atoms with E-state index in [1.807, 2.05) is 43.3 Å². The topological polar surface area (TPSA) is 88.2 Å². The fourth-order valence-corrected chi connectivity index (χ4v) is 3.51. The first-order chi connectivity index (χ1) is 15.5. The second kappa shape index (κ2) is 11.2. The number of carbonyl (C=O) groups excluding carboxylic acids is 3. The SMILES string of the molecule is COc1ccc(N2CCN(C(=O)COC(=O)CCNC(=O)c3ccccc3C)CC2)cc1. The molecule has 1 N–H and O–H groups in total. The van der Waals surface area contributed by atoms with Gasteiger partial charge in [-0.3, -0.25) is 14.4 Å². The van der Waals surface area contributed by atoms with Gasteiger partial charge in [0.15, 0.2) is 6.61 Å². The third-order valence-corrected chi connectivity index (χ3v) is 5.43. The Balaban J connectivity index is 1.34. The number of rotatable bonds is 8. The van der Waals surface area contributed by atoms with Crippen molar-refractivity contribution in [3.63, 3.8) is 0 Å². The molecule has 3 rings (SSSR count). The standard InChI is InChI=1S/C24H29N3O5/c1-18-5-3-4-6-21(18)24(30)25-12-11-23(29)32-17-22(28)27-15-13-26(14-16-27)19-7-9-20(31-2)10-8-19/h3-10H,11-17H2,1-2H3,(H,25,30). The van der Waals surface area contributed by atoms with Crippen LogP contribution in [0.5, 0.6) is 5.75 Å². The third kappa shape index (κ3) is 6.23. The van der Waals surface area contributed by atoms with Gasteiger partial charge in [0.1, 0.15) is 5.75 Å². The molecule has 2 amide bonds. The van der Waals surface area contributed by atoms with Gasteiger partial charge >= 0.3 is 5.97 Å². The van der Waals surface area contributed by atoms with Crippen molar-refractivity contribution in [1.82, 2.24) is 10.2 Å². The van der Waals surface area contributed by atoms with Crippen molar-refractivity contribution in [2.24, 2.45) is 0 Å². The van der Waals surface area contributed by atoms with Crippen LogP contribution in [0.1, 0.15) is 22.3 Å². The van der Waals surface area contributed by atoms with Crippen LogP contribution in [0.4, 0.5) is 5.69 Å². The molecule has 0 bridgehead atoms. The largest absolute Gasteiger partial charge is 0.497 e. The van der Waals surface area contributed by atoms with Gasteiger partial charge in [0.05, 0.1) is 13.5 Å². The highest BCUT2D eigenvalue weighted by Crippen LogP contribution is 2.20. The summed E-state index contributed by atoms with van der Waals surface area (Å²) in [5.41, 5.74) is 2.52. The zero-order valence-electron chi connectivity index (χ0n) is 18.5.